The number of hydrogen-bond acceptors (Lipinski definition) is 6. The van der Waals surface area contributed by atoms with Crippen molar-refractivity contribution in [3.63, 3.8) is 0 Å². The molecular weight excluding hydrogens is 344 g/mol. The average molecular weight is 360 g/mol. The van der Waals surface area contributed by atoms with E-state index in [0.717, 1.165) is 11.1 Å². The van der Waals surface area contributed by atoms with Crippen molar-refractivity contribution in [3.8, 4) is 22.7 Å². The molecular formula is C20H16N4O3. The van der Waals surface area contributed by atoms with E-state index in [1.54, 1.807) is 6.07 Å². The van der Waals surface area contributed by atoms with Gasteiger partial charge in [0.15, 0.2) is 11.5 Å². The molecule has 0 unspecified atom stereocenters. The quantitative estimate of drug-likeness (QED) is 0.567. The van der Waals surface area contributed by atoms with Gasteiger partial charge in [0.2, 0.25) is 11.7 Å². The van der Waals surface area contributed by atoms with E-state index in [0.29, 0.717) is 30.4 Å². The second kappa shape index (κ2) is 7.65. The highest BCUT2D eigenvalue weighted by Crippen LogP contribution is 2.19. The van der Waals surface area contributed by atoms with Gasteiger partial charge in [0.25, 0.3) is 5.91 Å². The van der Waals surface area contributed by atoms with Crippen LogP contribution in [0.25, 0.3) is 22.7 Å². The maximum absolute atomic E-state index is 12.2. The zero-order valence-corrected chi connectivity index (χ0v) is 14.3. The number of aromatic nitrogens is 3. The summed E-state index contributed by atoms with van der Waals surface area (Å²) in [5.74, 6) is 1.22. The Labute approximate surface area is 155 Å². The van der Waals surface area contributed by atoms with Crippen LogP contribution in [0.5, 0.6) is 0 Å². The molecule has 2 aromatic heterocycles. The number of nitrogens with zero attached hydrogens (tertiary/aromatic N) is 3. The number of nitrogens with one attached hydrogen (secondary N) is 1. The van der Waals surface area contributed by atoms with Crippen LogP contribution in [-0.2, 0) is 6.42 Å². The first kappa shape index (κ1) is 16.7. The minimum absolute atomic E-state index is 0.226. The van der Waals surface area contributed by atoms with Crippen molar-refractivity contribution in [3.05, 3.63) is 78.3 Å². The Morgan fingerprint density at radius 1 is 0.889 bits per heavy atom. The molecule has 1 N–H and O–H groups in total. The van der Waals surface area contributed by atoms with Gasteiger partial charge in [-0.05, 0) is 0 Å². The van der Waals surface area contributed by atoms with Gasteiger partial charge in [0.1, 0.15) is 0 Å². The van der Waals surface area contributed by atoms with E-state index in [4.69, 9.17) is 9.05 Å². The second-order valence-corrected chi connectivity index (χ2v) is 5.83. The third kappa shape index (κ3) is 3.92. The monoisotopic (exact) mass is 360 g/mol. The van der Waals surface area contributed by atoms with Gasteiger partial charge >= 0.3 is 0 Å². The maximum atomic E-state index is 12.2. The van der Waals surface area contributed by atoms with Crippen LogP contribution in [0.3, 0.4) is 0 Å². The summed E-state index contributed by atoms with van der Waals surface area (Å²) in [5, 5.41) is 10.5. The van der Waals surface area contributed by atoms with Gasteiger partial charge in [0.05, 0.1) is 0 Å². The Morgan fingerprint density at radius 2 is 1.59 bits per heavy atom. The summed E-state index contributed by atoms with van der Waals surface area (Å²) in [6.07, 6.45) is 0.426. The molecule has 1 amide bonds. The molecule has 0 aliphatic carbocycles. The number of carbonyl (C=O) groups is 1. The standard InChI is InChI=1S/C20H16N4O3/c25-20(16-13-17(26-23-16)14-7-3-1-4-8-14)21-12-11-18-22-19(24-27-18)15-9-5-2-6-10-15/h1-10,13H,11-12H2,(H,21,25). The fourth-order valence-electron chi connectivity index (χ4n) is 2.56. The Balaban J connectivity index is 1.33. The van der Waals surface area contributed by atoms with E-state index >= 15 is 0 Å². The van der Waals surface area contributed by atoms with Crippen molar-refractivity contribution in [2.75, 3.05) is 6.54 Å². The SMILES string of the molecule is O=C(NCCc1nc(-c2ccccc2)no1)c1cc(-c2ccccc2)on1. The molecule has 4 rings (SSSR count). The molecule has 0 fully saturated rings. The van der Waals surface area contributed by atoms with E-state index in [2.05, 4.69) is 20.6 Å². The fraction of sp³-hybridized carbons (Fsp3) is 0.100. The van der Waals surface area contributed by atoms with E-state index < -0.39 is 0 Å². The zero-order valence-electron chi connectivity index (χ0n) is 14.3. The molecule has 2 aromatic carbocycles. The summed E-state index contributed by atoms with van der Waals surface area (Å²) in [7, 11) is 0. The second-order valence-electron chi connectivity index (χ2n) is 5.83. The van der Waals surface area contributed by atoms with Crippen molar-refractivity contribution >= 4 is 5.91 Å². The summed E-state index contributed by atoms with van der Waals surface area (Å²) in [6.45, 7) is 0.350. The van der Waals surface area contributed by atoms with Gasteiger partial charge in [-0.3, -0.25) is 4.79 Å². The van der Waals surface area contributed by atoms with Gasteiger partial charge in [-0.15, -0.1) is 0 Å². The first-order valence-corrected chi connectivity index (χ1v) is 8.48. The predicted octanol–water partition coefficient (Wildman–Crippen LogP) is 3.36. The van der Waals surface area contributed by atoms with Crippen molar-refractivity contribution in [1.29, 1.82) is 0 Å². The van der Waals surface area contributed by atoms with E-state index in [1.165, 1.54) is 0 Å². The lowest BCUT2D eigenvalue weighted by Gasteiger charge is -1.99. The van der Waals surface area contributed by atoms with Gasteiger partial charge in [0, 0.05) is 30.2 Å². The third-order valence-corrected chi connectivity index (χ3v) is 3.93. The highest BCUT2D eigenvalue weighted by molar-refractivity contribution is 5.93. The average Bonchev–Trinajstić information content (AvgIpc) is 3.39. The van der Waals surface area contributed by atoms with E-state index in [9.17, 15) is 4.79 Å². The largest absolute Gasteiger partial charge is 0.355 e. The summed E-state index contributed by atoms with van der Waals surface area (Å²) in [5.41, 5.74) is 1.97. The van der Waals surface area contributed by atoms with Gasteiger partial charge in [-0.25, -0.2) is 0 Å². The van der Waals surface area contributed by atoms with Crippen LogP contribution in [-0.4, -0.2) is 27.7 Å². The zero-order chi connectivity index (χ0) is 18.5. The van der Waals surface area contributed by atoms with Crippen LogP contribution in [0.4, 0.5) is 0 Å². The molecule has 0 radical (unpaired) electrons. The Bertz CT molecular complexity index is 1030. The molecule has 7 nitrogen and oxygen atoms in total. The van der Waals surface area contributed by atoms with E-state index in [-0.39, 0.29) is 11.6 Å². The number of carbonyl (C=O) groups excluding carboxylic acids is 1. The number of hydrogen-bond donors (Lipinski definition) is 1. The first-order chi connectivity index (χ1) is 13.3. The van der Waals surface area contributed by atoms with Gasteiger partial charge < -0.3 is 14.4 Å². The van der Waals surface area contributed by atoms with Crippen molar-refractivity contribution in [2.24, 2.45) is 0 Å². The molecule has 0 aliphatic heterocycles. The molecule has 0 atom stereocenters. The lowest BCUT2D eigenvalue weighted by atomic mass is 10.1. The molecule has 4 aromatic rings. The predicted molar refractivity (Wildman–Crippen MR) is 97.7 cm³/mol. The number of benzene rings is 2. The summed E-state index contributed by atoms with van der Waals surface area (Å²) in [6, 6.07) is 20.7. The Hall–Kier alpha value is -3.74. The smallest absolute Gasteiger partial charge is 0.273 e. The van der Waals surface area contributed by atoms with Crippen molar-refractivity contribution in [2.45, 2.75) is 6.42 Å². The molecule has 0 bridgehead atoms. The van der Waals surface area contributed by atoms with Gasteiger partial charge in [-0.1, -0.05) is 71.0 Å². The molecule has 134 valence electrons. The van der Waals surface area contributed by atoms with Crippen LogP contribution in [0.1, 0.15) is 16.4 Å². The molecule has 0 spiro atoms. The summed E-state index contributed by atoms with van der Waals surface area (Å²) < 4.78 is 10.5. The Morgan fingerprint density at radius 3 is 2.33 bits per heavy atom. The molecule has 2 heterocycles. The summed E-state index contributed by atoms with van der Waals surface area (Å²) >= 11 is 0. The first-order valence-electron chi connectivity index (χ1n) is 8.48. The third-order valence-electron chi connectivity index (χ3n) is 3.93. The summed E-state index contributed by atoms with van der Waals surface area (Å²) in [4.78, 5) is 16.5. The van der Waals surface area contributed by atoms with Crippen LogP contribution < -0.4 is 5.32 Å². The van der Waals surface area contributed by atoms with Crippen molar-refractivity contribution in [1.82, 2.24) is 20.6 Å². The highest BCUT2D eigenvalue weighted by atomic mass is 16.5. The molecule has 0 saturated carbocycles. The highest BCUT2D eigenvalue weighted by Gasteiger charge is 2.14. The molecule has 7 heteroatoms. The van der Waals surface area contributed by atoms with Gasteiger partial charge in [-0.2, -0.15) is 4.98 Å². The topological polar surface area (TPSA) is 94.1 Å². The molecule has 27 heavy (non-hydrogen) atoms. The number of rotatable bonds is 6. The van der Waals surface area contributed by atoms with E-state index in [1.807, 2.05) is 60.7 Å². The lowest BCUT2D eigenvalue weighted by molar-refractivity contribution is 0.0944. The minimum Gasteiger partial charge on any atom is -0.355 e. The van der Waals surface area contributed by atoms with Crippen LogP contribution in [0.15, 0.2) is 75.8 Å². The molecule has 0 aliphatic rings. The number of amides is 1. The Kier molecular flexibility index (Phi) is 4.74. The molecule has 0 saturated heterocycles. The van der Waals surface area contributed by atoms with Crippen LogP contribution in [0.2, 0.25) is 0 Å². The lowest BCUT2D eigenvalue weighted by Crippen LogP contribution is -2.26. The van der Waals surface area contributed by atoms with Crippen LogP contribution >= 0.6 is 0 Å². The maximum Gasteiger partial charge on any atom is 0.273 e. The fourth-order valence-corrected chi connectivity index (χ4v) is 2.56. The normalized spacial score (nSPS) is 10.7. The van der Waals surface area contributed by atoms with Crippen molar-refractivity contribution < 1.29 is 13.8 Å². The van der Waals surface area contributed by atoms with Crippen LogP contribution in [0, 0.1) is 0 Å². The minimum atomic E-state index is -0.316.